The first-order valence-corrected chi connectivity index (χ1v) is 9.72. The largest absolute Gasteiger partial charge is 0.310 e. The number of H-pyrrole nitrogens is 1. The Hall–Kier alpha value is -2.80. The van der Waals surface area contributed by atoms with Crippen LogP contribution in [-0.4, -0.2) is 31.2 Å². The minimum Gasteiger partial charge on any atom is -0.310 e. The topological polar surface area (TPSA) is 66.8 Å². The van der Waals surface area contributed by atoms with Gasteiger partial charge in [0.25, 0.3) is 5.56 Å². The normalized spacial score (nSPS) is 16.9. The molecule has 2 aromatic heterocycles. The second-order valence-electron chi connectivity index (χ2n) is 7.75. The van der Waals surface area contributed by atoms with Crippen molar-refractivity contribution in [1.29, 1.82) is 0 Å². The van der Waals surface area contributed by atoms with E-state index in [-0.39, 0.29) is 11.4 Å². The van der Waals surface area contributed by atoms with E-state index in [0.29, 0.717) is 12.5 Å². The van der Waals surface area contributed by atoms with Gasteiger partial charge in [-0.15, -0.1) is 0 Å². The smallest absolute Gasteiger partial charge is 0.255 e. The van der Waals surface area contributed by atoms with E-state index in [1.807, 2.05) is 17.8 Å². The van der Waals surface area contributed by atoms with Gasteiger partial charge in [-0.3, -0.25) is 9.69 Å². The molecule has 3 heterocycles. The van der Waals surface area contributed by atoms with Crippen molar-refractivity contribution in [2.45, 2.75) is 45.2 Å². The van der Waals surface area contributed by atoms with Gasteiger partial charge in [-0.05, 0) is 44.0 Å². The van der Waals surface area contributed by atoms with Crippen LogP contribution in [0, 0.1) is 12.7 Å². The summed E-state index contributed by atoms with van der Waals surface area (Å²) < 4.78 is 15.0. The Morgan fingerprint density at radius 3 is 2.79 bits per heavy atom. The number of aromatic nitrogens is 4. The Bertz CT molecular complexity index is 1080. The van der Waals surface area contributed by atoms with Gasteiger partial charge in [-0.1, -0.05) is 0 Å². The molecule has 0 amide bonds. The molecule has 7 heteroatoms. The minimum atomic E-state index is -0.260. The highest BCUT2D eigenvalue weighted by atomic mass is 19.1. The fraction of sp³-hybridized carbons (Fsp3) is 0.381. The number of hydrogen-bond acceptors (Lipinski definition) is 4. The molecule has 6 nitrogen and oxygen atoms in total. The molecule has 0 atom stereocenters. The molecule has 2 aliphatic rings. The van der Waals surface area contributed by atoms with E-state index in [2.05, 4.69) is 15.0 Å². The van der Waals surface area contributed by atoms with Crippen molar-refractivity contribution < 1.29 is 4.39 Å². The van der Waals surface area contributed by atoms with Crippen LogP contribution >= 0.6 is 0 Å². The first-order valence-electron chi connectivity index (χ1n) is 9.72. The molecule has 0 unspecified atom stereocenters. The fourth-order valence-electron chi connectivity index (χ4n) is 3.87. The van der Waals surface area contributed by atoms with Gasteiger partial charge in [0.05, 0.1) is 23.1 Å². The molecule has 144 valence electrons. The van der Waals surface area contributed by atoms with E-state index in [1.165, 1.54) is 12.1 Å². The number of nitrogens with zero attached hydrogens (tertiary/aromatic N) is 4. The van der Waals surface area contributed by atoms with Crippen molar-refractivity contribution in [3.8, 4) is 5.69 Å². The first kappa shape index (κ1) is 17.3. The third-order valence-corrected chi connectivity index (χ3v) is 5.71. The van der Waals surface area contributed by atoms with Gasteiger partial charge >= 0.3 is 0 Å². The molecule has 1 aliphatic carbocycles. The summed E-state index contributed by atoms with van der Waals surface area (Å²) in [6, 6.07) is 6.32. The van der Waals surface area contributed by atoms with Gasteiger partial charge in [0.1, 0.15) is 11.6 Å². The standard InChI is InChI=1S/C21H22FN5O/c1-13-15(10-23-27(13)17-6-4-16(22)5-7-17)11-26-9-8-19-18(12-26)21(28)25-20(24-19)14-2-3-14/h4-7,10,14H,2-3,8-9,11-12H2,1H3,(H,24,25,28). The van der Waals surface area contributed by atoms with Crippen molar-refractivity contribution in [2.75, 3.05) is 6.54 Å². The molecule has 0 spiro atoms. The summed E-state index contributed by atoms with van der Waals surface area (Å²) in [5.41, 5.74) is 4.72. The Labute approximate surface area is 162 Å². The van der Waals surface area contributed by atoms with Crippen molar-refractivity contribution in [1.82, 2.24) is 24.6 Å². The number of halogens is 1. The summed E-state index contributed by atoms with van der Waals surface area (Å²) in [5.74, 6) is 1.06. The van der Waals surface area contributed by atoms with Crippen LogP contribution in [0.2, 0.25) is 0 Å². The average Bonchev–Trinajstić information content (AvgIpc) is 3.48. The summed E-state index contributed by atoms with van der Waals surface area (Å²) in [6.45, 7) is 4.20. The molecule has 1 N–H and O–H groups in total. The van der Waals surface area contributed by atoms with Crippen LogP contribution in [0.4, 0.5) is 4.39 Å². The van der Waals surface area contributed by atoms with Crippen molar-refractivity contribution in [2.24, 2.45) is 0 Å². The average molecular weight is 379 g/mol. The second kappa shape index (κ2) is 6.67. The SMILES string of the molecule is Cc1c(CN2CCc3nc(C4CC4)[nH]c(=O)c3C2)cnn1-c1ccc(F)cc1. The molecule has 1 aromatic carbocycles. The molecule has 3 aromatic rings. The van der Waals surface area contributed by atoms with Gasteiger partial charge in [0.15, 0.2) is 0 Å². The zero-order chi connectivity index (χ0) is 19.3. The summed E-state index contributed by atoms with van der Waals surface area (Å²) in [7, 11) is 0. The van der Waals surface area contributed by atoms with Crippen LogP contribution in [-0.2, 0) is 19.5 Å². The summed E-state index contributed by atoms with van der Waals surface area (Å²) in [5, 5.41) is 4.47. The molecule has 0 radical (unpaired) electrons. The highest BCUT2D eigenvalue weighted by Gasteiger charge is 2.29. The zero-order valence-corrected chi connectivity index (χ0v) is 15.8. The Kier molecular flexibility index (Phi) is 4.12. The van der Waals surface area contributed by atoms with Crippen LogP contribution in [0.15, 0.2) is 35.3 Å². The van der Waals surface area contributed by atoms with Gasteiger partial charge < -0.3 is 4.98 Å². The van der Waals surface area contributed by atoms with E-state index in [9.17, 15) is 9.18 Å². The van der Waals surface area contributed by atoms with Gasteiger partial charge in [0, 0.05) is 43.2 Å². The second-order valence-corrected chi connectivity index (χ2v) is 7.75. The van der Waals surface area contributed by atoms with Crippen LogP contribution in [0.5, 0.6) is 0 Å². The molecule has 5 rings (SSSR count). The highest BCUT2D eigenvalue weighted by molar-refractivity contribution is 5.35. The Balaban J connectivity index is 1.35. The summed E-state index contributed by atoms with van der Waals surface area (Å²) >= 11 is 0. The van der Waals surface area contributed by atoms with Crippen LogP contribution in [0.3, 0.4) is 0 Å². The van der Waals surface area contributed by atoms with E-state index < -0.39 is 0 Å². The van der Waals surface area contributed by atoms with E-state index in [0.717, 1.165) is 66.4 Å². The minimum absolute atomic E-state index is 0.00956. The molecular weight excluding hydrogens is 357 g/mol. The predicted octanol–water partition coefficient (Wildman–Crippen LogP) is 2.84. The third-order valence-electron chi connectivity index (χ3n) is 5.71. The van der Waals surface area contributed by atoms with Crippen molar-refractivity contribution in [3.63, 3.8) is 0 Å². The van der Waals surface area contributed by atoms with Gasteiger partial charge in [-0.25, -0.2) is 14.1 Å². The summed E-state index contributed by atoms with van der Waals surface area (Å²) in [4.78, 5) is 22.5. The van der Waals surface area contributed by atoms with Crippen LogP contribution in [0.25, 0.3) is 5.69 Å². The predicted molar refractivity (Wildman–Crippen MR) is 103 cm³/mol. The lowest BCUT2D eigenvalue weighted by Crippen LogP contribution is -2.35. The maximum absolute atomic E-state index is 13.2. The Morgan fingerprint density at radius 1 is 1.25 bits per heavy atom. The van der Waals surface area contributed by atoms with Crippen molar-refractivity contribution in [3.05, 3.63) is 75.0 Å². The quantitative estimate of drug-likeness (QED) is 0.757. The maximum atomic E-state index is 13.2. The Morgan fingerprint density at radius 2 is 2.04 bits per heavy atom. The number of aromatic amines is 1. The monoisotopic (exact) mass is 379 g/mol. The number of rotatable bonds is 4. The lowest BCUT2D eigenvalue weighted by atomic mass is 10.1. The number of hydrogen-bond donors (Lipinski definition) is 1. The lowest BCUT2D eigenvalue weighted by molar-refractivity contribution is 0.241. The lowest BCUT2D eigenvalue weighted by Gasteiger charge is -2.27. The van der Waals surface area contributed by atoms with Crippen LogP contribution < -0.4 is 5.56 Å². The third kappa shape index (κ3) is 3.16. The molecule has 1 saturated carbocycles. The van der Waals surface area contributed by atoms with Crippen molar-refractivity contribution >= 4 is 0 Å². The highest BCUT2D eigenvalue weighted by Crippen LogP contribution is 2.37. The molecule has 0 bridgehead atoms. The molecule has 28 heavy (non-hydrogen) atoms. The molecule has 0 saturated heterocycles. The van der Waals surface area contributed by atoms with Crippen LogP contribution in [0.1, 0.15) is 47.1 Å². The number of benzene rings is 1. The molecule has 1 fully saturated rings. The molecule has 1 aliphatic heterocycles. The number of nitrogens with one attached hydrogen (secondary N) is 1. The van der Waals surface area contributed by atoms with Gasteiger partial charge in [0.2, 0.25) is 0 Å². The first-order chi connectivity index (χ1) is 13.6. The summed E-state index contributed by atoms with van der Waals surface area (Å²) in [6.07, 6.45) is 4.91. The van der Waals surface area contributed by atoms with E-state index in [4.69, 9.17) is 4.98 Å². The van der Waals surface area contributed by atoms with E-state index >= 15 is 0 Å². The van der Waals surface area contributed by atoms with Gasteiger partial charge in [-0.2, -0.15) is 5.10 Å². The van der Waals surface area contributed by atoms with E-state index in [1.54, 1.807) is 12.1 Å². The maximum Gasteiger partial charge on any atom is 0.255 e. The number of fused-ring (bicyclic) bond motifs is 1. The zero-order valence-electron chi connectivity index (χ0n) is 15.8. The molecular formula is C21H22FN5O. The fourth-order valence-corrected chi connectivity index (χ4v) is 3.87.